The molecule has 154 valence electrons. The zero-order valence-electron chi connectivity index (χ0n) is 16.5. The first kappa shape index (κ1) is 19.4. The van der Waals surface area contributed by atoms with Gasteiger partial charge in [0.15, 0.2) is 11.6 Å². The molecular weight excluding hydrogens is 377 g/mol. The molecule has 0 unspecified atom stereocenters. The monoisotopic (exact) mass is 401 g/mol. The number of piperidine rings is 1. The Hall–Kier alpha value is -2.87. The standard InChI is InChI=1S/C21H24FN3O4/c1-11(7-23)13-4-3-5-24(8-13)18-16(22)6-14-17-20(18)29-10-12(2)25(17)9-15(19(14)26)21(27)28/h6,9,12H,3-5,7-8,10,23H2,1-2H3,(H,27,28)/t12-/m0/s1. The molecule has 1 aromatic heterocycles. The SMILES string of the molecule is CC(CN)=C1CCCN(c2c(F)cc3c(=O)c(C(=O)O)cn4c3c2OC[C@@H]4C)C1. The fraction of sp³-hybridized carbons (Fsp3) is 0.429. The molecule has 0 radical (unpaired) electrons. The number of carboxylic acid groups (broad SMARTS) is 1. The number of ether oxygens (including phenoxy) is 1. The zero-order chi connectivity index (χ0) is 20.9. The summed E-state index contributed by atoms with van der Waals surface area (Å²) in [5.74, 6) is -1.60. The van der Waals surface area contributed by atoms with Crippen molar-refractivity contribution < 1.29 is 19.0 Å². The molecule has 0 bridgehead atoms. The first-order valence-electron chi connectivity index (χ1n) is 9.73. The van der Waals surface area contributed by atoms with Gasteiger partial charge in [0, 0.05) is 25.8 Å². The molecule has 1 atom stereocenters. The number of carbonyl (C=O) groups is 1. The quantitative estimate of drug-likeness (QED) is 0.768. The smallest absolute Gasteiger partial charge is 0.341 e. The molecule has 3 heterocycles. The summed E-state index contributed by atoms with van der Waals surface area (Å²) in [5.41, 5.74) is 7.77. The Labute approximate surface area is 167 Å². The Kier molecular flexibility index (Phi) is 4.82. The van der Waals surface area contributed by atoms with E-state index in [1.165, 1.54) is 11.8 Å². The van der Waals surface area contributed by atoms with Crippen LogP contribution in [-0.2, 0) is 0 Å². The van der Waals surface area contributed by atoms with Gasteiger partial charge in [0.05, 0.1) is 16.9 Å². The van der Waals surface area contributed by atoms with Gasteiger partial charge < -0.3 is 25.0 Å². The van der Waals surface area contributed by atoms with Crippen LogP contribution in [0.3, 0.4) is 0 Å². The summed E-state index contributed by atoms with van der Waals surface area (Å²) in [6, 6.07) is 0.965. The fourth-order valence-corrected chi connectivity index (χ4v) is 4.21. The van der Waals surface area contributed by atoms with Crippen LogP contribution in [0.2, 0.25) is 0 Å². The molecule has 2 aromatic rings. The highest BCUT2D eigenvalue weighted by Crippen LogP contribution is 2.43. The van der Waals surface area contributed by atoms with E-state index in [9.17, 15) is 14.7 Å². The summed E-state index contributed by atoms with van der Waals surface area (Å²) in [6.07, 6.45) is 3.13. The van der Waals surface area contributed by atoms with Crippen LogP contribution in [0.4, 0.5) is 10.1 Å². The van der Waals surface area contributed by atoms with E-state index in [0.29, 0.717) is 36.6 Å². The minimum atomic E-state index is -1.33. The lowest BCUT2D eigenvalue weighted by Crippen LogP contribution is -2.34. The molecule has 0 aliphatic carbocycles. The first-order valence-corrected chi connectivity index (χ1v) is 9.73. The third kappa shape index (κ3) is 3.07. The molecule has 2 aliphatic rings. The molecular formula is C21H24FN3O4. The number of carboxylic acids is 1. The Balaban J connectivity index is 1.97. The topological polar surface area (TPSA) is 97.8 Å². The minimum absolute atomic E-state index is 0.0265. The summed E-state index contributed by atoms with van der Waals surface area (Å²) >= 11 is 0. The lowest BCUT2D eigenvalue weighted by atomic mass is 9.98. The van der Waals surface area contributed by atoms with Crippen LogP contribution in [0.5, 0.6) is 5.75 Å². The number of rotatable bonds is 3. The van der Waals surface area contributed by atoms with Gasteiger partial charge in [0.2, 0.25) is 5.43 Å². The molecule has 1 aromatic carbocycles. The van der Waals surface area contributed by atoms with Crippen LogP contribution in [-0.4, -0.2) is 41.9 Å². The Bertz CT molecular complexity index is 1110. The third-order valence-electron chi connectivity index (χ3n) is 5.89. The molecule has 0 spiro atoms. The summed E-state index contributed by atoms with van der Waals surface area (Å²) in [6.45, 7) is 5.79. The molecule has 1 fully saturated rings. The number of aromatic nitrogens is 1. The second-order valence-corrected chi connectivity index (χ2v) is 7.79. The van der Waals surface area contributed by atoms with Gasteiger partial charge in [-0.15, -0.1) is 0 Å². The van der Waals surface area contributed by atoms with Crippen molar-refractivity contribution in [3.63, 3.8) is 0 Å². The van der Waals surface area contributed by atoms with Gasteiger partial charge in [-0.2, -0.15) is 0 Å². The Morgan fingerprint density at radius 1 is 1.45 bits per heavy atom. The maximum Gasteiger partial charge on any atom is 0.341 e. The van der Waals surface area contributed by atoms with Crippen LogP contribution in [0.1, 0.15) is 43.1 Å². The lowest BCUT2D eigenvalue weighted by Gasteiger charge is -2.35. The van der Waals surface area contributed by atoms with Crippen molar-refractivity contribution in [2.45, 2.75) is 32.7 Å². The average molecular weight is 401 g/mol. The number of anilines is 1. The van der Waals surface area contributed by atoms with Gasteiger partial charge in [-0.1, -0.05) is 11.1 Å². The maximum atomic E-state index is 15.3. The number of pyridine rings is 1. The predicted octanol–water partition coefficient (Wildman–Crippen LogP) is 2.67. The summed E-state index contributed by atoms with van der Waals surface area (Å²) in [4.78, 5) is 26.1. The van der Waals surface area contributed by atoms with E-state index < -0.39 is 17.2 Å². The van der Waals surface area contributed by atoms with Crippen molar-refractivity contribution in [3.05, 3.63) is 45.0 Å². The van der Waals surface area contributed by atoms with Gasteiger partial charge in [-0.3, -0.25) is 4.79 Å². The van der Waals surface area contributed by atoms with E-state index in [0.717, 1.165) is 24.5 Å². The molecule has 29 heavy (non-hydrogen) atoms. The number of benzene rings is 1. The minimum Gasteiger partial charge on any atom is -0.487 e. The highest BCUT2D eigenvalue weighted by Gasteiger charge is 2.31. The van der Waals surface area contributed by atoms with Gasteiger partial charge >= 0.3 is 5.97 Å². The first-order chi connectivity index (χ1) is 13.8. The maximum absolute atomic E-state index is 15.3. The van der Waals surface area contributed by atoms with Crippen molar-refractivity contribution in [2.75, 3.05) is 31.1 Å². The largest absolute Gasteiger partial charge is 0.487 e. The highest BCUT2D eigenvalue weighted by molar-refractivity contribution is 5.97. The molecule has 3 N–H and O–H groups in total. The van der Waals surface area contributed by atoms with Crippen molar-refractivity contribution >= 4 is 22.6 Å². The normalized spacial score (nSPS) is 20.6. The number of hydrogen-bond acceptors (Lipinski definition) is 5. The average Bonchev–Trinajstić information content (AvgIpc) is 2.71. The summed E-state index contributed by atoms with van der Waals surface area (Å²) in [5, 5.41) is 9.42. The van der Waals surface area contributed by atoms with Crippen LogP contribution < -0.4 is 20.8 Å². The molecule has 8 heteroatoms. The van der Waals surface area contributed by atoms with Crippen molar-refractivity contribution in [1.82, 2.24) is 4.57 Å². The number of hydrogen-bond donors (Lipinski definition) is 2. The van der Waals surface area contributed by atoms with Crippen LogP contribution in [0.25, 0.3) is 10.9 Å². The van der Waals surface area contributed by atoms with E-state index in [-0.39, 0.29) is 23.6 Å². The van der Waals surface area contributed by atoms with Crippen LogP contribution in [0, 0.1) is 5.82 Å². The number of nitrogens with two attached hydrogens (primary N) is 1. The third-order valence-corrected chi connectivity index (χ3v) is 5.89. The number of aromatic carboxylic acids is 1. The molecule has 4 rings (SSSR count). The Morgan fingerprint density at radius 2 is 2.21 bits per heavy atom. The molecule has 2 aliphatic heterocycles. The van der Waals surface area contributed by atoms with E-state index in [1.807, 2.05) is 18.7 Å². The highest BCUT2D eigenvalue weighted by atomic mass is 19.1. The predicted molar refractivity (Wildman–Crippen MR) is 109 cm³/mol. The van der Waals surface area contributed by atoms with E-state index in [4.69, 9.17) is 10.5 Å². The van der Waals surface area contributed by atoms with E-state index in [2.05, 4.69) is 0 Å². The molecule has 0 saturated carbocycles. The zero-order valence-corrected chi connectivity index (χ0v) is 16.5. The number of nitrogens with zero attached hydrogens (tertiary/aromatic N) is 2. The summed E-state index contributed by atoms with van der Waals surface area (Å²) in [7, 11) is 0. The van der Waals surface area contributed by atoms with Gasteiger partial charge in [0.25, 0.3) is 0 Å². The molecule has 1 saturated heterocycles. The number of halogens is 1. The van der Waals surface area contributed by atoms with Crippen molar-refractivity contribution in [3.8, 4) is 5.75 Å². The van der Waals surface area contributed by atoms with Crippen LogP contribution in [0.15, 0.2) is 28.2 Å². The second kappa shape index (κ2) is 7.18. The fourth-order valence-electron chi connectivity index (χ4n) is 4.21. The van der Waals surface area contributed by atoms with E-state index >= 15 is 4.39 Å². The van der Waals surface area contributed by atoms with Crippen LogP contribution >= 0.6 is 0 Å². The second-order valence-electron chi connectivity index (χ2n) is 7.79. The molecule has 7 nitrogen and oxygen atoms in total. The van der Waals surface area contributed by atoms with Gasteiger partial charge in [-0.05, 0) is 32.8 Å². The van der Waals surface area contributed by atoms with Crippen molar-refractivity contribution in [1.29, 1.82) is 0 Å². The summed E-state index contributed by atoms with van der Waals surface area (Å²) < 4.78 is 22.9. The lowest BCUT2D eigenvalue weighted by molar-refractivity contribution is 0.0694. The van der Waals surface area contributed by atoms with Crippen molar-refractivity contribution in [2.24, 2.45) is 5.73 Å². The Morgan fingerprint density at radius 3 is 2.90 bits per heavy atom. The van der Waals surface area contributed by atoms with Gasteiger partial charge in [0.1, 0.15) is 17.9 Å². The van der Waals surface area contributed by atoms with E-state index in [1.54, 1.807) is 4.57 Å². The van der Waals surface area contributed by atoms with Gasteiger partial charge in [-0.25, -0.2) is 9.18 Å². The molecule has 0 amide bonds.